The van der Waals surface area contributed by atoms with E-state index >= 15 is 0 Å². The van der Waals surface area contributed by atoms with Gasteiger partial charge < -0.3 is 15.0 Å². The fourth-order valence-electron chi connectivity index (χ4n) is 3.15. The summed E-state index contributed by atoms with van der Waals surface area (Å²) in [5, 5.41) is 1.70. The van der Waals surface area contributed by atoms with Crippen LogP contribution in [0.1, 0.15) is 0 Å². The lowest BCUT2D eigenvalue weighted by atomic mass is 10.0. The predicted molar refractivity (Wildman–Crippen MR) is 109 cm³/mol. The molecule has 1 amide bonds. The second-order valence-electron chi connectivity index (χ2n) is 6.71. The molecule has 0 spiro atoms. The van der Waals surface area contributed by atoms with E-state index in [0.717, 1.165) is 0 Å². The van der Waals surface area contributed by atoms with E-state index in [9.17, 15) is 26.7 Å². The van der Waals surface area contributed by atoms with Crippen LogP contribution in [0.15, 0.2) is 55.0 Å². The maximum Gasteiger partial charge on any atom is 0.471 e. The van der Waals surface area contributed by atoms with Crippen molar-refractivity contribution in [3.8, 4) is 28.3 Å². The zero-order valence-corrected chi connectivity index (χ0v) is 16.5. The Morgan fingerprint density at radius 1 is 1.06 bits per heavy atom. The van der Waals surface area contributed by atoms with Crippen LogP contribution in [-0.2, 0) is 4.79 Å². The van der Waals surface area contributed by atoms with E-state index in [-0.39, 0.29) is 11.6 Å². The number of carbonyl (C=O) groups is 1. The second kappa shape index (κ2) is 8.81. The van der Waals surface area contributed by atoms with Gasteiger partial charge in [0.2, 0.25) is 0 Å². The van der Waals surface area contributed by atoms with Gasteiger partial charge in [-0.15, -0.1) is 0 Å². The van der Waals surface area contributed by atoms with Crippen LogP contribution in [0.5, 0.6) is 5.75 Å². The van der Waals surface area contributed by atoms with Gasteiger partial charge in [-0.25, -0.2) is 13.8 Å². The topological polar surface area (TPSA) is 92.8 Å². The Kier molecular flexibility index (Phi) is 5.90. The first kappa shape index (κ1) is 22.1. The first-order valence-electron chi connectivity index (χ1n) is 9.41. The highest BCUT2D eigenvalue weighted by atomic mass is 19.4. The van der Waals surface area contributed by atoms with Crippen LogP contribution in [0, 0.1) is 0 Å². The van der Waals surface area contributed by atoms with Crippen molar-refractivity contribution in [2.75, 3.05) is 11.9 Å². The van der Waals surface area contributed by atoms with E-state index in [1.807, 2.05) is 0 Å². The monoisotopic (exact) mass is 463 g/mol. The number of anilines is 1. The quantitative estimate of drug-likeness (QED) is 0.400. The van der Waals surface area contributed by atoms with Crippen molar-refractivity contribution in [2.24, 2.45) is 0 Å². The van der Waals surface area contributed by atoms with Gasteiger partial charge in [-0.1, -0.05) is 6.07 Å². The number of aromatic nitrogens is 4. The van der Waals surface area contributed by atoms with Crippen molar-refractivity contribution in [3.05, 3.63) is 55.0 Å². The molecule has 0 atom stereocenters. The molecule has 0 aromatic carbocycles. The maximum absolute atomic E-state index is 12.7. The number of H-pyrrole nitrogens is 1. The Bertz CT molecular complexity index is 1290. The summed E-state index contributed by atoms with van der Waals surface area (Å²) in [7, 11) is 0. The average Bonchev–Trinajstić information content (AvgIpc) is 3.18. The van der Waals surface area contributed by atoms with Crippen molar-refractivity contribution in [3.63, 3.8) is 0 Å². The van der Waals surface area contributed by atoms with Crippen LogP contribution in [0.3, 0.4) is 0 Å². The van der Waals surface area contributed by atoms with E-state index in [0.29, 0.717) is 33.5 Å². The minimum atomic E-state index is -5.08. The summed E-state index contributed by atoms with van der Waals surface area (Å²) in [6, 6.07) is 9.26. The molecular weight excluding hydrogens is 449 g/mol. The number of alkyl halides is 5. The molecule has 170 valence electrons. The predicted octanol–water partition coefficient (Wildman–Crippen LogP) is 4.83. The number of carbonyl (C=O) groups excluding carboxylic acids is 1. The number of hydrogen-bond donors (Lipinski definition) is 2. The molecule has 7 nitrogen and oxygen atoms in total. The van der Waals surface area contributed by atoms with Gasteiger partial charge in [0, 0.05) is 30.2 Å². The summed E-state index contributed by atoms with van der Waals surface area (Å²) in [4.78, 5) is 26.7. The number of nitrogens with one attached hydrogen (secondary N) is 2. The van der Waals surface area contributed by atoms with Crippen molar-refractivity contribution in [1.29, 1.82) is 0 Å². The van der Waals surface area contributed by atoms with Crippen LogP contribution >= 0.6 is 0 Å². The highest BCUT2D eigenvalue weighted by molar-refractivity contribution is 6.03. The lowest BCUT2D eigenvalue weighted by molar-refractivity contribution is -0.167. The fraction of sp³-hybridized carbons (Fsp3) is 0.143. The lowest BCUT2D eigenvalue weighted by Gasteiger charge is -2.09. The van der Waals surface area contributed by atoms with E-state index in [1.54, 1.807) is 23.5 Å². The summed E-state index contributed by atoms with van der Waals surface area (Å²) < 4.78 is 68.5. The highest BCUT2D eigenvalue weighted by Gasteiger charge is 2.39. The summed E-state index contributed by atoms with van der Waals surface area (Å²) >= 11 is 0. The zero-order chi connectivity index (χ0) is 23.6. The Morgan fingerprint density at radius 3 is 2.55 bits per heavy atom. The van der Waals surface area contributed by atoms with Crippen molar-refractivity contribution < 1.29 is 31.5 Å². The number of amides is 1. The number of hydrogen-bond acceptors (Lipinski definition) is 5. The zero-order valence-electron chi connectivity index (χ0n) is 16.5. The molecule has 4 heterocycles. The summed E-state index contributed by atoms with van der Waals surface area (Å²) in [5.74, 6) is -2.39. The third-order valence-corrected chi connectivity index (χ3v) is 4.48. The summed E-state index contributed by atoms with van der Waals surface area (Å²) in [5.41, 5.74) is 2.30. The third kappa shape index (κ3) is 4.73. The second-order valence-corrected chi connectivity index (χ2v) is 6.71. The van der Waals surface area contributed by atoms with Crippen molar-refractivity contribution in [1.82, 2.24) is 19.9 Å². The normalized spacial score (nSPS) is 11.7. The van der Waals surface area contributed by atoms with Gasteiger partial charge in [-0.3, -0.25) is 14.8 Å². The van der Waals surface area contributed by atoms with Gasteiger partial charge in [0.05, 0.1) is 17.0 Å². The van der Waals surface area contributed by atoms with Gasteiger partial charge >= 0.3 is 12.1 Å². The van der Waals surface area contributed by atoms with E-state index in [1.165, 1.54) is 36.8 Å². The molecule has 0 aliphatic rings. The lowest BCUT2D eigenvalue weighted by Crippen LogP contribution is -2.30. The molecule has 0 saturated carbocycles. The van der Waals surface area contributed by atoms with Gasteiger partial charge in [0.15, 0.2) is 0 Å². The van der Waals surface area contributed by atoms with Crippen molar-refractivity contribution in [2.45, 2.75) is 12.6 Å². The third-order valence-electron chi connectivity index (χ3n) is 4.48. The number of aromatic amines is 1. The van der Waals surface area contributed by atoms with Crippen LogP contribution in [0.25, 0.3) is 33.5 Å². The summed E-state index contributed by atoms with van der Waals surface area (Å²) in [6.07, 6.45) is -3.64. The smallest absolute Gasteiger partial charge is 0.471 e. The van der Waals surface area contributed by atoms with Gasteiger partial charge in [-0.05, 0) is 24.3 Å². The van der Waals surface area contributed by atoms with Crippen LogP contribution in [0.2, 0.25) is 0 Å². The SMILES string of the molecule is O=C(Nc1cc(-c2[nH]c3c(OCC(F)F)ccnc3c2-c2ccccn2)ccn1)C(F)(F)F. The Balaban J connectivity index is 1.86. The van der Waals surface area contributed by atoms with Gasteiger partial charge in [-0.2, -0.15) is 13.2 Å². The first-order chi connectivity index (χ1) is 15.7. The minimum absolute atomic E-state index is 0.114. The van der Waals surface area contributed by atoms with Crippen LogP contribution in [0.4, 0.5) is 27.8 Å². The van der Waals surface area contributed by atoms with E-state index in [2.05, 4.69) is 19.9 Å². The molecule has 0 fully saturated rings. The molecule has 0 radical (unpaired) electrons. The summed E-state index contributed by atoms with van der Waals surface area (Å²) in [6.45, 7) is -0.838. The van der Waals surface area contributed by atoms with Gasteiger partial charge in [0.25, 0.3) is 6.43 Å². The minimum Gasteiger partial charge on any atom is -0.485 e. The number of nitrogens with zero attached hydrogens (tertiary/aromatic N) is 3. The van der Waals surface area contributed by atoms with Crippen LogP contribution < -0.4 is 10.1 Å². The number of ether oxygens (including phenoxy) is 1. The molecular formula is C21H14F5N5O2. The standard InChI is InChI=1S/C21H14F5N5O2/c22-14(23)10-33-13-5-8-29-19-16(12-3-1-2-6-27-12)17(31-18(13)19)11-4-7-28-15(9-11)30-20(32)21(24,25)26/h1-9,14,31H,10H2,(H,28,30,32). The molecule has 0 unspecified atom stereocenters. The first-order valence-corrected chi connectivity index (χ1v) is 9.41. The molecule has 0 aliphatic carbocycles. The molecule has 12 heteroatoms. The largest absolute Gasteiger partial charge is 0.485 e. The molecule has 2 N–H and O–H groups in total. The Morgan fingerprint density at radius 2 is 1.85 bits per heavy atom. The molecule has 4 aromatic rings. The molecule has 0 saturated heterocycles. The fourth-order valence-corrected chi connectivity index (χ4v) is 3.15. The van der Waals surface area contributed by atoms with Crippen molar-refractivity contribution >= 4 is 22.8 Å². The number of pyridine rings is 3. The molecule has 4 aromatic heterocycles. The highest BCUT2D eigenvalue weighted by Crippen LogP contribution is 2.39. The molecule has 0 bridgehead atoms. The molecule has 0 aliphatic heterocycles. The van der Waals surface area contributed by atoms with E-state index < -0.39 is 25.1 Å². The Hall–Kier alpha value is -4.09. The van der Waals surface area contributed by atoms with Gasteiger partial charge in [0.1, 0.15) is 29.2 Å². The van der Waals surface area contributed by atoms with Crippen LogP contribution in [-0.4, -0.2) is 45.1 Å². The number of rotatable bonds is 6. The average molecular weight is 463 g/mol. The number of fused-ring (bicyclic) bond motifs is 1. The molecule has 4 rings (SSSR count). The number of halogens is 5. The Labute approximate surface area is 182 Å². The maximum atomic E-state index is 12.7. The molecule has 33 heavy (non-hydrogen) atoms. The van der Waals surface area contributed by atoms with E-state index in [4.69, 9.17) is 4.74 Å².